The van der Waals surface area contributed by atoms with E-state index in [1.54, 1.807) is 7.11 Å². The van der Waals surface area contributed by atoms with Crippen LogP contribution in [0.1, 0.15) is 33.1 Å². The van der Waals surface area contributed by atoms with Crippen LogP contribution in [0.25, 0.3) is 0 Å². The van der Waals surface area contributed by atoms with Gasteiger partial charge in [0.05, 0.1) is 7.11 Å². The van der Waals surface area contributed by atoms with E-state index in [-0.39, 0.29) is 12.1 Å². The van der Waals surface area contributed by atoms with Gasteiger partial charge in [-0.25, -0.2) is 4.79 Å². The van der Waals surface area contributed by atoms with E-state index in [1.807, 2.05) is 29.2 Å². The molecule has 0 radical (unpaired) electrons. The Labute approximate surface area is 144 Å². The Bertz CT molecular complexity index is 613. The number of rotatable bonds is 6. The van der Waals surface area contributed by atoms with Crippen molar-refractivity contribution < 1.29 is 9.53 Å². The lowest BCUT2D eigenvalue weighted by Gasteiger charge is -2.33. The van der Waals surface area contributed by atoms with Crippen LogP contribution in [-0.4, -0.2) is 30.6 Å². The number of anilines is 1. The Morgan fingerprint density at radius 3 is 2.83 bits per heavy atom. The third kappa shape index (κ3) is 3.58. The van der Waals surface area contributed by atoms with E-state index in [2.05, 4.69) is 31.3 Å². The third-order valence-electron chi connectivity index (χ3n) is 5.55. The zero-order valence-electron chi connectivity index (χ0n) is 14.9. The fourth-order valence-corrected chi connectivity index (χ4v) is 3.94. The highest BCUT2D eigenvalue weighted by molar-refractivity contribution is 5.89. The van der Waals surface area contributed by atoms with Gasteiger partial charge in [0, 0.05) is 24.3 Å². The van der Waals surface area contributed by atoms with Gasteiger partial charge in [0.1, 0.15) is 5.75 Å². The molecule has 2 bridgehead atoms. The number of hydrogen-bond donors (Lipinski definition) is 1. The van der Waals surface area contributed by atoms with Crippen molar-refractivity contribution in [3.63, 3.8) is 0 Å². The lowest BCUT2D eigenvalue weighted by molar-refractivity contribution is 0.171. The molecule has 0 heterocycles. The van der Waals surface area contributed by atoms with E-state index in [4.69, 9.17) is 4.74 Å². The second kappa shape index (κ2) is 7.29. The van der Waals surface area contributed by atoms with Gasteiger partial charge in [-0.1, -0.05) is 25.1 Å². The minimum atomic E-state index is -0.00986. The molecule has 2 amide bonds. The molecule has 0 aliphatic heterocycles. The van der Waals surface area contributed by atoms with Crippen LogP contribution in [0.3, 0.4) is 0 Å². The largest absolute Gasteiger partial charge is 0.497 e. The van der Waals surface area contributed by atoms with E-state index >= 15 is 0 Å². The van der Waals surface area contributed by atoms with Crippen molar-refractivity contribution >= 4 is 11.7 Å². The zero-order valence-corrected chi connectivity index (χ0v) is 14.9. The standard InChI is InChI=1S/C20H28N2O2/c1-4-14(2)22(13-17-11-15-8-9-16(17)10-15)20(23)21-18-6-5-7-19(12-18)24-3/h5-9,12,14-17H,4,10-11,13H2,1-3H3,(H,21,23). The van der Waals surface area contributed by atoms with Crippen LogP contribution in [0.15, 0.2) is 36.4 Å². The van der Waals surface area contributed by atoms with Gasteiger partial charge in [-0.15, -0.1) is 0 Å². The highest BCUT2D eigenvalue weighted by atomic mass is 16.5. The van der Waals surface area contributed by atoms with Gasteiger partial charge in [-0.3, -0.25) is 0 Å². The molecule has 2 aliphatic carbocycles. The third-order valence-corrected chi connectivity index (χ3v) is 5.55. The molecule has 0 spiro atoms. The maximum absolute atomic E-state index is 12.9. The number of benzene rings is 1. The van der Waals surface area contributed by atoms with Crippen LogP contribution in [0.2, 0.25) is 0 Å². The molecule has 1 aromatic carbocycles. The number of methoxy groups -OCH3 is 1. The van der Waals surface area contributed by atoms with Crippen LogP contribution in [-0.2, 0) is 0 Å². The van der Waals surface area contributed by atoms with Crippen LogP contribution in [0.5, 0.6) is 5.75 Å². The average molecular weight is 328 g/mol. The number of allylic oxidation sites excluding steroid dienone is 2. The lowest BCUT2D eigenvalue weighted by atomic mass is 9.92. The SMILES string of the molecule is CCC(C)N(CC1CC2C=CC1C2)C(=O)Nc1cccc(OC)c1. The lowest BCUT2D eigenvalue weighted by Crippen LogP contribution is -2.44. The minimum absolute atomic E-state index is 0.00986. The number of nitrogens with zero attached hydrogens (tertiary/aromatic N) is 1. The van der Waals surface area contributed by atoms with Crippen LogP contribution < -0.4 is 10.1 Å². The van der Waals surface area contributed by atoms with Gasteiger partial charge in [0.25, 0.3) is 0 Å². The normalized spacial score (nSPS) is 25.5. The van der Waals surface area contributed by atoms with E-state index in [0.717, 1.165) is 30.3 Å². The summed E-state index contributed by atoms with van der Waals surface area (Å²) in [7, 11) is 1.63. The van der Waals surface area contributed by atoms with Crippen molar-refractivity contribution in [2.24, 2.45) is 17.8 Å². The Kier molecular flexibility index (Phi) is 5.12. The minimum Gasteiger partial charge on any atom is -0.497 e. The molecule has 4 unspecified atom stereocenters. The Morgan fingerprint density at radius 2 is 2.21 bits per heavy atom. The number of carbonyl (C=O) groups is 1. The quantitative estimate of drug-likeness (QED) is 0.779. The second-order valence-corrected chi connectivity index (χ2v) is 7.11. The first-order chi connectivity index (χ1) is 11.6. The molecule has 1 saturated carbocycles. The fraction of sp³-hybridized carbons (Fsp3) is 0.550. The molecule has 2 aliphatic rings. The van der Waals surface area contributed by atoms with Crippen molar-refractivity contribution in [3.8, 4) is 5.75 Å². The molecule has 3 rings (SSSR count). The summed E-state index contributed by atoms with van der Waals surface area (Å²) >= 11 is 0. The zero-order chi connectivity index (χ0) is 17.1. The Morgan fingerprint density at radius 1 is 1.38 bits per heavy atom. The maximum Gasteiger partial charge on any atom is 0.322 e. The number of nitrogens with one attached hydrogen (secondary N) is 1. The molecule has 24 heavy (non-hydrogen) atoms. The van der Waals surface area contributed by atoms with Crippen molar-refractivity contribution in [3.05, 3.63) is 36.4 Å². The van der Waals surface area contributed by atoms with Crippen molar-refractivity contribution in [2.45, 2.75) is 39.2 Å². The molecular weight excluding hydrogens is 300 g/mol. The molecular formula is C20H28N2O2. The fourth-order valence-electron chi connectivity index (χ4n) is 3.94. The summed E-state index contributed by atoms with van der Waals surface area (Å²) in [6, 6.07) is 7.75. The Hall–Kier alpha value is -1.97. The highest BCUT2D eigenvalue weighted by Crippen LogP contribution is 2.43. The van der Waals surface area contributed by atoms with Gasteiger partial charge in [0.15, 0.2) is 0 Å². The molecule has 1 N–H and O–H groups in total. The first-order valence-corrected chi connectivity index (χ1v) is 9.00. The number of urea groups is 1. The molecule has 0 aromatic heterocycles. The molecule has 1 fully saturated rings. The Balaban J connectivity index is 1.68. The van der Waals surface area contributed by atoms with Crippen molar-refractivity contribution in [1.29, 1.82) is 0 Å². The first kappa shape index (κ1) is 16.9. The predicted molar refractivity (Wildman–Crippen MR) is 97.3 cm³/mol. The summed E-state index contributed by atoms with van der Waals surface area (Å²) in [6.45, 7) is 5.11. The maximum atomic E-state index is 12.9. The first-order valence-electron chi connectivity index (χ1n) is 9.00. The number of hydrogen-bond acceptors (Lipinski definition) is 2. The van der Waals surface area contributed by atoms with Gasteiger partial charge < -0.3 is 15.0 Å². The van der Waals surface area contributed by atoms with E-state index in [1.165, 1.54) is 12.8 Å². The van der Waals surface area contributed by atoms with Gasteiger partial charge in [-0.2, -0.15) is 0 Å². The van der Waals surface area contributed by atoms with E-state index in [0.29, 0.717) is 11.8 Å². The molecule has 130 valence electrons. The van der Waals surface area contributed by atoms with Crippen LogP contribution in [0, 0.1) is 17.8 Å². The average Bonchev–Trinajstić information content (AvgIpc) is 3.22. The van der Waals surface area contributed by atoms with Crippen LogP contribution in [0.4, 0.5) is 10.5 Å². The highest BCUT2D eigenvalue weighted by Gasteiger charge is 2.37. The summed E-state index contributed by atoms with van der Waals surface area (Å²) in [5.74, 6) is 2.75. The van der Waals surface area contributed by atoms with Gasteiger partial charge in [0.2, 0.25) is 0 Å². The topological polar surface area (TPSA) is 41.6 Å². The summed E-state index contributed by atoms with van der Waals surface area (Å²) in [5.41, 5.74) is 0.778. The molecule has 4 atom stereocenters. The number of amides is 2. The number of ether oxygens (including phenoxy) is 1. The summed E-state index contributed by atoms with van der Waals surface area (Å²) in [4.78, 5) is 14.9. The summed E-state index contributed by atoms with van der Waals surface area (Å²) in [5, 5.41) is 3.04. The van der Waals surface area contributed by atoms with Crippen molar-refractivity contribution in [2.75, 3.05) is 19.0 Å². The van der Waals surface area contributed by atoms with Crippen LogP contribution >= 0.6 is 0 Å². The molecule has 4 nitrogen and oxygen atoms in total. The van der Waals surface area contributed by atoms with Crippen molar-refractivity contribution in [1.82, 2.24) is 4.90 Å². The number of fused-ring (bicyclic) bond motifs is 2. The second-order valence-electron chi connectivity index (χ2n) is 7.11. The smallest absolute Gasteiger partial charge is 0.322 e. The molecule has 0 saturated heterocycles. The van der Waals surface area contributed by atoms with Gasteiger partial charge >= 0.3 is 6.03 Å². The summed E-state index contributed by atoms with van der Waals surface area (Å²) in [6.07, 6.45) is 8.16. The van der Waals surface area contributed by atoms with Gasteiger partial charge in [-0.05, 0) is 56.1 Å². The summed E-state index contributed by atoms with van der Waals surface area (Å²) < 4.78 is 5.23. The van der Waals surface area contributed by atoms with E-state index < -0.39 is 0 Å². The van der Waals surface area contributed by atoms with E-state index in [9.17, 15) is 4.79 Å². The molecule has 1 aromatic rings. The molecule has 4 heteroatoms. The number of carbonyl (C=O) groups excluding carboxylic acids is 1. The predicted octanol–water partition coefficient (Wildman–Crippen LogP) is 4.54. The monoisotopic (exact) mass is 328 g/mol.